The summed E-state index contributed by atoms with van der Waals surface area (Å²) in [4.78, 5) is 4.18. The second kappa shape index (κ2) is 19.4. The molecule has 0 amide bonds. The predicted molar refractivity (Wildman–Crippen MR) is 161 cm³/mol. The maximum Gasteiger partial charge on any atom is 1.00 e. The van der Waals surface area contributed by atoms with Gasteiger partial charge in [0.15, 0.2) is 0 Å². The molecular formula is C31H37B2NO5Rb2. The number of ether oxygens (including phenoxy) is 2. The SMILES string of the molecule is C.CB1OCc2cc(Oc3ccccc3C)ccc21.Cc1cccnc1Oc1ccc2c(c1)COB2O.[CH3-].[CH3-].[Rb+].[Rb+]. The number of pyridine rings is 1. The van der Waals surface area contributed by atoms with E-state index < -0.39 is 7.12 Å². The standard InChI is InChI=1S/C15H15BO2.C13H12BNO3.CH4.2CH3.2Rb/c1-11-5-3-4-6-15(11)18-13-7-8-14-12(9-13)10-17-16(14)2;1-9-3-2-6-15-13(9)18-11-4-5-12-10(7-11)8-17-14(12)16;;;;;/h3-9H,10H2,1-2H3;2-7,16H,8H2,1H3;1H4;2*1H3;;/q;;;2*-1;2*+1. The maximum absolute atomic E-state index is 9.53. The van der Waals surface area contributed by atoms with Crippen molar-refractivity contribution in [3.05, 3.63) is 116 Å². The topological polar surface area (TPSA) is 70.0 Å². The van der Waals surface area contributed by atoms with Crippen molar-refractivity contribution in [3.63, 3.8) is 0 Å². The zero-order chi connectivity index (χ0) is 25.1. The van der Waals surface area contributed by atoms with Crippen LogP contribution in [0, 0.1) is 28.7 Å². The monoisotopic (exact) mass is 695 g/mol. The molecule has 1 aromatic heterocycles. The van der Waals surface area contributed by atoms with Gasteiger partial charge in [0, 0.05) is 11.8 Å². The van der Waals surface area contributed by atoms with Gasteiger partial charge < -0.3 is 38.7 Å². The first-order valence-electron chi connectivity index (χ1n) is 12.0. The van der Waals surface area contributed by atoms with Gasteiger partial charge >= 0.3 is 130 Å². The van der Waals surface area contributed by atoms with E-state index in [9.17, 15) is 5.02 Å². The number of aryl methyl sites for hydroxylation is 2. The number of hydrogen-bond donors (Lipinski definition) is 1. The summed E-state index contributed by atoms with van der Waals surface area (Å²) >= 11 is 0. The van der Waals surface area contributed by atoms with Crippen molar-refractivity contribution >= 4 is 25.0 Å². The van der Waals surface area contributed by atoms with Crippen LogP contribution in [0.1, 0.15) is 29.7 Å². The number of aromatic nitrogens is 1. The molecule has 0 spiro atoms. The molecule has 3 heterocycles. The molecule has 0 atom stereocenters. The molecule has 0 bridgehead atoms. The largest absolute Gasteiger partial charge is 1.00 e. The Morgan fingerprint density at radius 1 is 0.756 bits per heavy atom. The molecule has 0 saturated heterocycles. The molecule has 2 aliphatic heterocycles. The van der Waals surface area contributed by atoms with Crippen molar-refractivity contribution in [2.75, 3.05) is 0 Å². The first-order chi connectivity index (χ1) is 17.5. The van der Waals surface area contributed by atoms with E-state index in [0.29, 0.717) is 24.8 Å². The summed E-state index contributed by atoms with van der Waals surface area (Å²) in [5.74, 6) is 3.08. The van der Waals surface area contributed by atoms with Gasteiger partial charge in [0.1, 0.15) is 17.2 Å². The fourth-order valence-electron chi connectivity index (χ4n) is 4.23. The Morgan fingerprint density at radius 2 is 1.34 bits per heavy atom. The molecule has 0 unspecified atom stereocenters. The van der Waals surface area contributed by atoms with E-state index in [1.807, 2.05) is 74.5 Å². The second-order valence-corrected chi connectivity index (χ2v) is 8.93. The zero-order valence-electron chi connectivity index (χ0n) is 24.6. The number of fused-ring (bicyclic) bond motifs is 2. The maximum atomic E-state index is 9.53. The third-order valence-corrected chi connectivity index (χ3v) is 6.32. The van der Waals surface area contributed by atoms with Gasteiger partial charge in [-0.25, -0.2) is 4.98 Å². The van der Waals surface area contributed by atoms with Crippen molar-refractivity contribution in [3.8, 4) is 23.1 Å². The summed E-state index contributed by atoms with van der Waals surface area (Å²) in [6, 6.07) is 23.5. The molecule has 1 N–H and O–H groups in total. The minimum Gasteiger partial charge on any atom is -0.457 e. The third kappa shape index (κ3) is 10.6. The fourth-order valence-corrected chi connectivity index (χ4v) is 4.23. The Labute approximate surface area is 344 Å². The summed E-state index contributed by atoms with van der Waals surface area (Å²) in [5.41, 5.74) is 6.38. The molecule has 41 heavy (non-hydrogen) atoms. The van der Waals surface area contributed by atoms with Gasteiger partial charge in [-0.05, 0) is 77.9 Å². The molecule has 10 heteroatoms. The molecular weight excluding hydrogens is 659 g/mol. The van der Waals surface area contributed by atoms with Crippen LogP contribution >= 0.6 is 0 Å². The Kier molecular flexibility index (Phi) is 19.4. The molecule has 6 rings (SSSR count). The van der Waals surface area contributed by atoms with Gasteiger partial charge in [0.25, 0.3) is 0 Å². The average Bonchev–Trinajstić information content (AvgIpc) is 3.44. The summed E-state index contributed by atoms with van der Waals surface area (Å²) in [6.45, 7) is 7.37. The quantitative estimate of drug-likeness (QED) is 0.241. The molecule has 0 fully saturated rings. The average molecular weight is 696 g/mol. The molecule has 6 nitrogen and oxygen atoms in total. The molecule has 0 aliphatic carbocycles. The fraction of sp³-hybridized carbons (Fsp3) is 0.194. The normalized spacial score (nSPS) is 11.9. The minimum atomic E-state index is -0.814. The zero-order valence-corrected chi connectivity index (χ0v) is 34.4. The van der Waals surface area contributed by atoms with Crippen LogP contribution in [0.4, 0.5) is 0 Å². The molecule has 2 aliphatic rings. The Morgan fingerprint density at radius 3 is 2.02 bits per heavy atom. The third-order valence-electron chi connectivity index (χ3n) is 6.32. The van der Waals surface area contributed by atoms with Crippen LogP contribution in [0.5, 0.6) is 23.1 Å². The van der Waals surface area contributed by atoms with Crippen LogP contribution in [-0.2, 0) is 22.5 Å². The number of hydrogen-bond acceptors (Lipinski definition) is 6. The van der Waals surface area contributed by atoms with Gasteiger partial charge in [0.05, 0.1) is 13.2 Å². The van der Waals surface area contributed by atoms with Gasteiger partial charge in [-0.3, -0.25) is 0 Å². The number of benzene rings is 3. The summed E-state index contributed by atoms with van der Waals surface area (Å²) in [5, 5.41) is 9.53. The van der Waals surface area contributed by atoms with Gasteiger partial charge in [-0.1, -0.05) is 50.6 Å². The molecule has 204 valence electrons. The van der Waals surface area contributed by atoms with E-state index in [-0.39, 0.29) is 146 Å². The van der Waals surface area contributed by atoms with Crippen LogP contribution in [0.25, 0.3) is 0 Å². The van der Waals surface area contributed by atoms with Gasteiger partial charge in [-0.2, -0.15) is 0 Å². The molecule has 3 aromatic carbocycles. The van der Waals surface area contributed by atoms with Crippen LogP contribution in [0.2, 0.25) is 6.82 Å². The number of para-hydroxylation sites is 1. The molecule has 4 aromatic rings. The van der Waals surface area contributed by atoms with Crippen LogP contribution in [0.3, 0.4) is 0 Å². The van der Waals surface area contributed by atoms with Crippen molar-refractivity contribution in [2.45, 2.75) is 41.3 Å². The Bertz CT molecular complexity index is 1290. The Balaban J connectivity index is 0.000000696. The van der Waals surface area contributed by atoms with Gasteiger partial charge in [0.2, 0.25) is 5.88 Å². The van der Waals surface area contributed by atoms with E-state index >= 15 is 0 Å². The molecule has 0 saturated carbocycles. The first kappa shape index (κ1) is 41.0. The van der Waals surface area contributed by atoms with E-state index in [1.165, 1.54) is 11.0 Å². The molecule has 0 radical (unpaired) electrons. The summed E-state index contributed by atoms with van der Waals surface area (Å²) in [7, 11) is -0.814. The van der Waals surface area contributed by atoms with E-state index in [0.717, 1.165) is 33.7 Å². The van der Waals surface area contributed by atoms with Crippen molar-refractivity contribution in [2.24, 2.45) is 0 Å². The summed E-state index contributed by atoms with van der Waals surface area (Å²) < 4.78 is 22.4. The van der Waals surface area contributed by atoms with Crippen molar-refractivity contribution in [1.82, 2.24) is 4.98 Å². The van der Waals surface area contributed by atoms with Crippen LogP contribution < -0.4 is 137 Å². The van der Waals surface area contributed by atoms with Crippen molar-refractivity contribution < 1.29 is 140 Å². The van der Waals surface area contributed by atoms with E-state index in [1.54, 1.807) is 6.20 Å². The minimum absolute atomic E-state index is 0. The first-order valence-corrected chi connectivity index (χ1v) is 12.0. The smallest absolute Gasteiger partial charge is 0.457 e. The number of rotatable bonds is 4. The van der Waals surface area contributed by atoms with Crippen LogP contribution in [-0.4, -0.2) is 24.0 Å². The van der Waals surface area contributed by atoms with E-state index in [2.05, 4.69) is 23.9 Å². The number of nitrogens with zero attached hydrogens (tertiary/aromatic N) is 1. The second-order valence-electron chi connectivity index (χ2n) is 8.93. The Hall–Kier alpha value is 0.0303. The predicted octanol–water partition coefficient (Wildman–Crippen LogP) is 0.0905. The van der Waals surface area contributed by atoms with Gasteiger partial charge in [-0.15, -0.1) is 0 Å². The van der Waals surface area contributed by atoms with E-state index in [4.69, 9.17) is 18.8 Å². The summed E-state index contributed by atoms with van der Waals surface area (Å²) in [6.07, 6.45) is 1.70. The van der Waals surface area contributed by atoms with Crippen LogP contribution in [0.15, 0.2) is 79.0 Å². The van der Waals surface area contributed by atoms with Crippen molar-refractivity contribution in [1.29, 1.82) is 0 Å².